The number of rotatable bonds is 6. The third-order valence-electron chi connectivity index (χ3n) is 5.83. The number of anilines is 1. The highest BCUT2D eigenvalue weighted by Crippen LogP contribution is 2.30. The minimum Gasteiger partial charge on any atom is -0.496 e. The van der Waals surface area contributed by atoms with Gasteiger partial charge in [0.15, 0.2) is 0 Å². The van der Waals surface area contributed by atoms with Gasteiger partial charge in [-0.05, 0) is 48.2 Å². The molecule has 0 unspecified atom stereocenters. The topological polar surface area (TPSA) is 69.0 Å². The Balaban J connectivity index is 1.38. The Morgan fingerprint density at radius 1 is 1.20 bits per heavy atom. The van der Waals surface area contributed by atoms with Gasteiger partial charge < -0.3 is 14.6 Å². The molecule has 1 aliphatic rings. The summed E-state index contributed by atoms with van der Waals surface area (Å²) in [5.41, 5.74) is 4.12. The van der Waals surface area contributed by atoms with E-state index in [4.69, 9.17) is 4.74 Å². The van der Waals surface area contributed by atoms with Crippen molar-refractivity contribution in [3.8, 4) is 5.75 Å². The molecule has 6 nitrogen and oxygen atoms in total. The van der Waals surface area contributed by atoms with E-state index in [1.807, 2.05) is 37.3 Å². The number of benzene rings is 2. The maximum absolute atomic E-state index is 12.5. The summed E-state index contributed by atoms with van der Waals surface area (Å²) in [5.74, 6) is 3.42. The van der Waals surface area contributed by atoms with Gasteiger partial charge in [-0.25, -0.2) is 0 Å². The largest absolute Gasteiger partial charge is 0.496 e. The number of nitrogens with zero attached hydrogens (tertiary/aromatic N) is 3. The van der Waals surface area contributed by atoms with Crippen molar-refractivity contribution in [3.63, 3.8) is 0 Å². The summed E-state index contributed by atoms with van der Waals surface area (Å²) in [6.45, 7) is 5.02. The molecule has 0 aliphatic carbocycles. The van der Waals surface area contributed by atoms with Crippen molar-refractivity contribution in [1.82, 2.24) is 14.8 Å². The molecule has 2 heterocycles. The Bertz CT molecular complexity index is 1030. The quantitative estimate of drug-likeness (QED) is 0.672. The molecule has 0 fully saturated rings. The number of fused-ring (bicyclic) bond motifs is 1. The summed E-state index contributed by atoms with van der Waals surface area (Å²) in [4.78, 5) is 12.5. The predicted octanol–water partition coefficient (Wildman–Crippen LogP) is 4.07. The van der Waals surface area contributed by atoms with Crippen molar-refractivity contribution in [3.05, 3.63) is 70.8 Å². The minimum absolute atomic E-state index is 0.0216. The second-order valence-electron chi connectivity index (χ2n) is 7.88. The van der Waals surface area contributed by atoms with Crippen LogP contribution in [0.3, 0.4) is 0 Å². The smallest absolute Gasteiger partial charge is 0.228 e. The molecule has 2 aromatic carbocycles. The van der Waals surface area contributed by atoms with Crippen LogP contribution in [0.5, 0.6) is 5.75 Å². The average molecular weight is 405 g/mol. The molecule has 1 atom stereocenters. The normalized spacial score (nSPS) is 15.5. The van der Waals surface area contributed by atoms with Gasteiger partial charge in [0.1, 0.15) is 17.4 Å². The van der Waals surface area contributed by atoms with Crippen LogP contribution in [0.25, 0.3) is 0 Å². The lowest BCUT2D eigenvalue weighted by Gasteiger charge is -2.24. The number of hydrogen-bond acceptors (Lipinski definition) is 4. The number of nitrogens with one attached hydrogen (secondary N) is 1. The first kappa shape index (κ1) is 20.1. The molecule has 1 amide bonds. The second-order valence-corrected chi connectivity index (χ2v) is 7.88. The SMILES string of the molecule is CCc1nnc2n1C[C@@H](c1ccc(NC(=O)Cc3ccc(OC)c(C)c3)cc1)CC2. The van der Waals surface area contributed by atoms with Crippen molar-refractivity contribution >= 4 is 11.6 Å². The maximum Gasteiger partial charge on any atom is 0.228 e. The van der Waals surface area contributed by atoms with E-state index in [0.717, 1.165) is 60.0 Å². The Morgan fingerprint density at radius 3 is 2.70 bits per heavy atom. The highest BCUT2D eigenvalue weighted by molar-refractivity contribution is 5.92. The average Bonchev–Trinajstić information content (AvgIpc) is 3.16. The summed E-state index contributed by atoms with van der Waals surface area (Å²) in [6, 6.07) is 14.1. The molecule has 6 heteroatoms. The molecule has 156 valence electrons. The molecule has 30 heavy (non-hydrogen) atoms. The summed E-state index contributed by atoms with van der Waals surface area (Å²) < 4.78 is 7.55. The first-order valence-corrected chi connectivity index (χ1v) is 10.5. The summed E-state index contributed by atoms with van der Waals surface area (Å²) in [5, 5.41) is 11.6. The van der Waals surface area contributed by atoms with Gasteiger partial charge in [0, 0.05) is 31.0 Å². The highest BCUT2D eigenvalue weighted by atomic mass is 16.5. The van der Waals surface area contributed by atoms with Crippen molar-refractivity contribution in [2.45, 2.75) is 52.0 Å². The molecule has 0 saturated heterocycles. The number of aryl methyl sites for hydroxylation is 3. The van der Waals surface area contributed by atoms with Gasteiger partial charge in [0.2, 0.25) is 5.91 Å². The summed E-state index contributed by atoms with van der Waals surface area (Å²) >= 11 is 0. The van der Waals surface area contributed by atoms with E-state index < -0.39 is 0 Å². The van der Waals surface area contributed by atoms with E-state index in [1.165, 1.54) is 5.56 Å². The first-order chi connectivity index (χ1) is 14.6. The zero-order chi connectivity index (χ0) is 21.1. The van der Waals surface area contributed by atoms with Crippen molar-refractivity contribution < 1.29 is 9.53 Å². The monoisotopic (exact) mass is 404 g/mol. The Hall–Kier alpha value is -3.15. The predicted molar refractivity (Wildman–Crippen MR) is 117 cm³/mol. The molecular formula is C24H28N4O2. The van der Waals surface area contributed by atoms with Crippen LogP contribution in [0.1, 0.15) is 47.6 Å². The lowest BCUT2D eigenvalue weighted by molar-refractivity contribution is -0.115. The third kappa shape index (κ3) is 4.22. The van der Waals surface area contributed by atoms with Gasteiger partial charge in [-0.1, -0.05) is 31.2 Å². The highest BCUT2D eigenvalue weighted by Gasteiger charge is 2.23. The van der Waals surface area contributed by atoms with E-state index in [2.05, 4.69) is 39.1 Å². The van der Waals surface area contributed by atoms with Gasteiger partial charge in [-0.2, -0.15) is 0 Å². The zero-order valence-electron chi connectivity index (χ0n) is 17.8. The molecule has 0 saturated carbocycles. The van der Waals surface area contributed by atoms with Crippen LogP contribution in [0, 0.1) is 6.92 Å². The van der Waals surface area contributed by atoms with Crippen LogP contribution < -0.4 is 10.1 Å². The number of amides is 1. The van der Waals surface area contributed by atoms with E-state index in [-0.39, 0.29) is 5.91 Å². The van der Waals surface area contributed by atoms with Gasteiger partial charge >= 0.3 is 0 Å². The van der Waals surface area contributed by atoms with Crippen LogP contribution in [-0.4, -0.2) is 27.8 Å². The van der Waals surface area contributed by atoms with E-state index >= 15 is 0 Å². The van der Waals surface area contributed by atoms with Gasteiger partial charge in [-0.15, -0.1) is 10.2 Å². The van der Waals surface area contributed by atoms with Crippen LogP contribution in [0.4, 0.5) is 5.69 Å². The molecule has 3 aromatic rings. The van der Waals surface area contributed by atoms with Crippen molar-refractivity contribution in [2.24, 2.45) is 0 Å². The third-order valence-corrected chi connectivity index (χ3v) is 5.83. The van der Waals surface area contributed by atoms with Gasteiger partial charge in [0.05, 0.1) is 13.5 Å². The number of ether oxygens (including phenoxy) is 1. The summed E-state index contributed by atoms with van der Waals surface area (Å²) in [6.07, 6.45) is 3.27. The molecule has 4 rings (SSSR count). The molecule has 1 aromatic heterocycles. The van der Waals surface area contributed by atoms with Crippen LogP contribution in [-0.2, 0) is 30.6 Å². The molecule has 0 spiro atoms. The first-order valence-electron chi connectivity index (χ1n) is 10.5. The molecule has 0 bridgehead atoms. The Morgan fingerprint density at radius 2 is 2.00 bits per heavy atom. The zero-order valence-corrected chi connectivity index (χ0v) is 17.8. The fourth-order valence-corrected chi connectivity index (χ4v) is 4.20. The number of carbonyl (C=O) groups is 1. The van der Waals surface area contributed by atoms with Gasteiger partial charge in [-0.3, -0.25) is 4.79 Å². The van der Waals surface area contributed by atoms with Crippen LogP contribution >= 0.6 is 0 Å². The number of carbonyl (C=O) groups excluding carboxylic acids is 1. The van der Waals surface area contributed by atoms with Crippen molar-refractivity contribution in [1.29, 1.82) is 0 Å². The fraction of sp³-hybridized carbons (Fsp3) is 0.375. The Kier molecular flexibility index (Phi) is 5.84. The Labute approximate surface area is 177 Å². The minimum atomic E-state index is -0.0216. The standard InChI is InChI=1S/C24H28N4O2/c1-4-22-26-27-23-12-8-19(15-28(22)23)18-6-9-20(10-7-18)25-24(29)14-17-5-11-21(30-3)16(2)13-17/h5-7,9-11,13,19H,4,8,12,14-15H2,1-3H3,(H,25,29)/t19-/m0/s1. The molecule has 0 radical (unpaired) electrons. The van der Waals surface area contributed by atoms with Crippen LogP contribution in [0.15, 0.2) is 42.5 Å². The fourth-order valence-electron chi connectivity index (χ4n) is 4.20. The number of aromatic nitrogens is 3. The maximum atomic E-state index is 12.5. The lowest BCUT2D eigenvalue weighted by atomic mass is 9.91. The van der Waals surface area contributed by atoms with Crippen molar-refractivity contribution in [2.75, 3.05) is 12.4 Å². The van der Waals surface area contributed by atoms with E-state index in [9.17, 15) is 4.79 Å². The van der Waals surface area contributed by atoms with E-state index in [0.29, 0.717) is 12.3 Å². The second kappa shape index (κ2) is 8.69. The lowest BCUT2D eigenvalue weighted by Crippen LogP contribution is -2.20. The van der Waals surface area contributed by atoms with E-state index in [1.54, 1.807) is 7.11 Å². The molecule has 1 aliphatic heterocycles. The number of hydrogen-bond donors (Lipinski definition) is 1. The summed E-state index contributed by atoms with van der Waals surface area (Å²) in [7, 11) is 1.65. The van der Waals surface area contributed by atoms with Crippen LogP contribution in [0.2, 0.25) is 0 Å². The molecule has 1 N–H and O–H groups in total. The number of methoxy groups -OCH3 is 1. The van der Waals surface area contributed by atoms with Gasteiger partial charge in [0.25, 0.3) is 0 Å². The molecular weight excluding hydrogens is 376 g/mol.